The maximum absolute atomic E-state index is 13.2. The average molecular weight is 379 g/mol. The van der Waals surface area contributed by atoms with E-state index in [4.69, 9.17) is 0 Å². The summed E-state index contributed by atoms with van der Waals surface area (Å²) >= 11 is 0. The van der Waals surface area contributed by atoms with Crippen molar-refractivity contribution in [2.75, 3.05) is 25.9 Å². The molecule has 0 N–H and O–H groups in total. The molecule has 1 aliphatic heterocycles. The van der Waals surface area contributed by atoms with Crippen molar-refractivity contribution in [2.24, 2.45) is 5.92 Å². The molecular formula is C20H30N2O3S. The normalized spacial score (nSPS) is 22.0. The lowest BCUT2D eigenvalue weighted by molar-refractivity contribution is -0.139. The number of benzene rings is 1. The Labute approximate surface area is 157 Å². The van der Waals surface area contributed by atoms with Gasteiger partial charge < -0.3 is 4.90 Å². The number of carbonyl (C=O) groups excluding carboxylic acids is 1. The average Bonchev–Trinajstić information content (AvgIpc) is 2.64. The number of amides is 1. The SMILES string of the molecule is CCCN(C(=O)C1CCN(S(C)(=O)=O)CC1)C1CCc2ccccc2C1. The second kappa shape index (κ2) is 8.09. The number of carbonyl (C=O) groups is 1. The van der Waals surface area contributed by atoms with Gasteiger partial charge in [0.25, 0.3) is 0 Å². The fourth-order valence-corrected chi connectivity index (χ4v) is 5.20. The van der Waals surface area contributed by atoms with Crippen LogP contribution in [0.25, 0.3) is 0 Å². The molecule has 0 radical (unpaired) electrons. The molecule has 1 aliphatic carbocycles. The van der Waals surface area contributed by atoms with Crippen LogP contribution in [0.15, 0.2) is 24.3 Å². The van der Waals surface area contributed by atoms with Gasteiger partial charge in [0.05, 0.1) is 6.26 Å². The Kier molecular flexibility index (Phi) is 6.03. The van der Waals surface area contributed by atoms with Crippen LogP contribution in [0.4, 0.5) is 0 Å². The van der Waals surface area contributed by atoms with Gasteiger partial charge in [-0.1, -0.05) is 31.2 Å². The lowest BCUT2D eigenvalue weighted by Gasteiger charge is -2.39. The van der Waals surface area contributed by atoms with Gasteiger partial charge in [-0.2, -0.15) is 0 Å². The maximum atomic E-state index is 13.2. The first-order chi connectivity index (χ1) is 12.4. The van der Waals surface area contributed by atoms with E-state index in [0.717, 1.165) is 32.2 Å². The Morgan fingerprint density at radius 3 is 2.42 bits per heavy atom. The second-order valence-corrected chi connectivity index (χ2v) is 9.62. The number of nitrogens with zero attached hydrogens (tertiary/aromatic N) is 2. The van der Waals surface area contributed by atoms with Crippen molar-refractivity contribution >= 4 is 15.9 Å². The lowest BCUT2D eigenvalue weighted by Crippen LogP contribution is -2.49. The molecule has 1 saturated heterocycles. The van der Waals surface area contributed by atoms with Crippen LogP contribution < -0.4 is 0 Å². The molecule has 0 spiro atoms. The topological polar surface area (TPSA) is 57.7 Å². The molecule has 6 heteroatoms. The van der Waals surface area contributed by atoms with E-state index in [0.29, 0.717) is 25.9 Å². The highest BCUT2D eigenvalue weighted by Gasteiger charge is 2.34. The molecule has 3 rings (SSSR count). The molecule has 0 bridgehead atoms. The molecule has 144 valence electrons. The van der Waals surface area contributed by atoms with E-state index in [9.17, 15) is 13.2 Å². The molecule has 1 amide bonds. The van der Waals surface area contributed by atoms with Gasteiger partial charge in [0.2, 0.25) is 15.9 Å². The van der Waals surface area contributed by atoms with Crippen molar-refractivity contribution in [3.63, 3.8) is 0 Å². The van der Waals surface area contributed by atoms with Crippen LogP contribution in [-0.4, -0.2) is 55.5 Å². The highest BCUT2D eigenvalue weighted by molar-refractivity contribution is 7.88. The number of fused-ring (bicyclic) bond motifs is 1. The Balaban J connectivity index is 1.68. The van der Waals surface area contributed by atoms with Gasteiger partial charge in [-0.05, 0) is 49.7 Å². The van der Waals surface area contributed by atoms with Gasteiger partial charge in [0, 0.05) is 31.6 Å². The van der Waals surface area contributed by atoms with Crippen molar-refractivity contribution in [1.29, 1.82) is 0 Å². The summed E-state index contributed by atoms with van der Waals surface area (Å²) in [6.45, 7) is 3.83. The summed E-state index contributed by atoms with van der Waals surface area (Å²) in [6, 6.07) is 8.81. The van der Waals surface area contributed by atoms with Gasteiger partial charge in [0.1, 0.15) is 0 Å². The molecule has 1 unspecified atom stereocenters. The van der Waals surface area contributed by atoms with Crippen LogP contribution >= 0.6 is 0 Å². The fraction of sp³-hybridized carbons (Fsp3) is 0.650. The number of hydrogen-bond donors (Lipinski definition) is 0. The quantitative estimate of drug-likeness (QED) is 0.791. The molecule has 1 atom stereocenters. The summed E-state index contributed by atoms with van der Waals surface area (Å²) in [5, 5.41) is 0. The Morgan fingerprint density at radius 1 is 1.15 bits per heavy atom. The zero-order chi connectivity index (χ0) is 18.7. The third-order valence-electron chi connectivity index (χ3n) is 5.78. The third-order valence-corrected chi connectivity index (χ3v) is 7.08. The molecule has 1 fully saturated rings. The van der Waals surface area contributed by atoms with Crippen molar-refractivity contribution in [3.8, 4) is 0 Å². The van der Waals surface area contributed by atoms with Crippen LogP contribution in [-0.2, 0) is 27.7 Å². The van der Waals surface area contributed by atoms with E-state index >= 15 is 0 Å². The highest BCUT2D eigenvalue weighted by atomic mass is 32.2. The van der Waals surface area contributed by atoms with E-state index in [-0.39, 0.29) is 17.9 Å². The molecule has 26 heavy (non-hydrogen) atoms. The highest BCUT2D eigenvalue weighted by Crippen LogP contribution is 2.28. The molecule has 0 aromatic heterocycles. The van der Waals surface area contributed by atoms with Gasteiger partial charge >= 0.3 is 0 Å². The van der Waals surface area contributed by atoms with Crippen molar-refractivity contribution in [1.82, 2.24) is 9.21 Å². The zero-order valence-electron chi connectivity index (χ0n) is 15.9. The Bertz CT molecular complexity index is 739. The first-order valence-corrected chi connectivity index (χ1v) is 11.6. The Morgan fingerprint density at radius 2 is 1.81 bits per heavy atom. The Hall–Kier alpha value is -1.40. The predicted octanol–water partition coefficient (Wildman–Crippen LogP) is 2.45. The second-order valence-electron chi connectivity index (χ2n) is 7.63. The van der Waals surface area contributed by atoms with Crippen LogP contribution in [0.3, 0.4) is 0 Å². The zero-order valence-corrected chi connectivity index (χ0v) is 16.7. The van der Waals surface area contributed by atoms with Gasteiger partial charge in [0.15, 0.2) is 0 Å². The smallest absolute Gasteiger partial charge is 0.226 e. The summed E-state index contributed by atoms with van der Waals surface area (Å²) in [4.78, 5) is 15.3. The summed E-state index contributed by atoms with van der Waals surface area (Å²) in [5.74, 6) is 0.182. The van der Waals surface area contributed by atoms with Gasteiger partial charge in [-0.15, -0.1) is 0 Å². The third kappa shape index (κ3) is 4.29. The van der Waals surface area contributed by atoms with Gasteiger partial charge in [-0.3, -0.25) is 4.79 Å². The predicted molar refractivity (Wildman–Crippen MR) is 103 cm³/mol. The molecule has 1 aromatic rings. The van der Waals surface area contributed by atoms with Crippen molar-refractivity contribution in [2.45, 2.75) is 51.5 Å². The molecule has 2 aliphatic rings. The molecular weight excluding hydrogens is 348 g/mol. The first kappa shape index (κ1) is 19.4. The number of sulfonamides is 1. The first-order valence-electron chi connectivity index (χ1n) is 9.72. The van der Waals surface area contributed by atoms with Gasteiger partial charge in [-0.25, -0.2) is 12.7 Å². The van der Waals surface area contributed by atoms with Crippen LogP contribution in [0.1, 0.15) is 43.7 Å². The van der Waals surface area contributed by atoms with E-state index < -0.39 is 10.0 Å². The monoisotopic (exact) mass is 378 g/mol. The molecule has 1 heterocycles. The minimum Gasteiger partial charge on any atom is -0.339 e. The minimum absolute atomic E-state index is 0.0447. The number of rotatable bonds is 5. The molecule has 5 nitrogen and oxygen atoms in total. The van der Waals surface area contributed by atoms with E-state index in [1.807, 2.05) is 0 Å². The van der Waals surface area contributed by atoms with E-state index in [2.05, 4.69) is 36.1 Å². The minimum atomic E-state index is -3.15. The standard InChI is InChI=1S/C20H30N2O3S/c1-3-12-22(19-9-8-16-6-4-5-7-18(16)15-19)20(23)17-10-13-21(14-11-17)26(2,24)25/h4-7,17,19H,3,8-15H2,1-2H3. The number of aryl methyl sites for hydroxylation is 1. The summed E-state index contributed by atoms with van der Waals surface area (Å²) in [7, 11) is -3.15. The van der Waals surface area contributed by atoms with Crippen molar-refractivity contribution in [3.05, 3.63) is 35.4 Å². The number of piperidine rings is 1. The lowest BCUT2D eigenvalue weighted by atomic mass is 9.86. The van der Waals surface area contributed by atoms with Crippen LogP contribution in [0, 0.1) is 5.92 Å². The number of hydrogen-bond acceptors (Lipinski definition) is 3. The molecule has 0 saturated carbocycles. The summed E-state index contributed by atoms with van der Waals surface area (Å²) in [5.41, 5.74) is 2.78. The maximum Gasteiger partial charge on any atom is 0.226 e. The van der Waals surface area contributed by atoms with E-state index in [1.54, 1.807) is 0 Å². The van der Waals surface area contributed by atoms with Crippen LogP contribution in [0.5, 0.6) is 0 Å². The van der Waals surface area contributed by atoms with Crippen LogP contribution in [0.2, 0.25) is 0 Å². The fourth-order valence-electron chi connectivity index (χ4n) is 4.33. The van der Waals surface area contributed by atoms with E-state index in [1.165, 1.54) is 21.7 Å². The summed E-state index contributed by atoms with van der Waals surface area (Å²) in [6.07, 6.45) is 6.45. The molecule has 1 aromatic carbocycles. The van der Waals surface area contributed by atoms with Crippen molar-refractivity contribution < 1.29 is 13.2 Å². The largest absolute Gasteiger partial charge is 0.339 e. The summed E-state index contributed by atoms with van der Waals surface area (Å²) < 4.78 is 24.9.